The highest BCUT2D eigenvalue weighted by molar-refractivity contribution is 5.92. The van der Waals surface area contributed by atoms with E-state index in [-0.39, 0.29) is 5.91 Å². The standard InChI is InChI=1S/C17H21N3O/c18-10-2-4-13-8-9-15(19-12-13)17(21)20-11-3-6-14-5-1-7-16(14)20/h8-9,12,14,16H,1,3,5-7,10-11,18H2. The van der Waals surface area contributed by atoms with Crippen LogP contribution in [-0.2, 0) is 0 Å². The second-order valence-corrected chi connectivity index (χ2v) is 5.84. The second-order valence-electron chi connectivity index (χ2n) is 5.84. The van der Waals surface area contributed by atoms with Gasteiger partial charge in [0, 0.05) is 24.3 Å². The molecule has 2 unspecified atom stereocenters. The highest BCUT2D eigenvalue weighted by Gasteiger charge is 2.37. The van der Waals surface area contributed by atoms with E-state index in [1.807, 2.05) is 6.07 Å². The van der Waals surface area contributed by atoms with Crippen LogP contribution in [0.25, 0.3) is 0 Å². The number of carbonyl (C=O) groups is 1. The topological polar surface area (TPSA) is 59.2 Å². The van der Waals surface area contributed by atoms with E-state index >= 15 is 0 Å². The Hall–Kier alpha value is -1.86. The average Bonchev–Trinajstić information content (AvgIpc) is 3.01. The SMILES string of the molecule is NCC#Cc1ccc(C(=O)N2CCCC3CCCC32)nc1. The molecule has 1 aliphatic carbocycles. The summed E-state index contributed by atoms with van der Waals surface area (Å²) in [6.07, 6.45) is 7.72. The Morgan fingerprint density at radius 3 is 2.95 bits per heavy atom. The van der Waals surface area contributed by atoms with Crippen LogP contribution in [0.15, 0.2) is 18.3 Å². The van der Waals surface area contributed by atoms with Crippen molar-refractivity contribution in [3.63, 3.8) is 0 Å². The number of hydrogen-bond donors (Lipinski definition) is 1. The summed E-state index contributed by atoms with van der Waals surface area (Å²) in [7, 11) is 0. The minimum Gasteiger partial charge on any atom is -0.334 e. The van der Waals surface area contributed by atoms with Crippen molar-refractivity contribution in [2.45, 2.75) is 38.1 Å². The summed E-state index contributed by atoms with van der Waals surface area (Å²) >= 11 is 0. The number of piperidine rings is 1. The second kappa shape index (κ2) is 6.28. The molecule has 0 aromatic carbocycles. The van der Waals surface area contributed by atoms with E-state index in [1.165, 1.54) is 19.3 Å². The van der Waals surface area contributed by atoms with E-state index in [1.54, 1.807) is 12.3 Å². The lowest BCUT2D eigenvalue weighted by atomic mass is 9.91. The van der Waals surface area contributed by atoms with Crippen molar-refractivity contribution in [1.29, 1.82) is 0 Å². The molecule has 2 atom stereocenters. The van der Waals surface area contributed by atoms with Crippen LogP contribution in [-0.4, -0.2) is 34.9 Å². The number of rotatable bonds is 1. The Bertz CT molecular complexity index is 570. The first-order chi connectivity index (χ1) is 10.3. The molecule has 4 heteroatoms. The Kier molecular flexibility index (Phi) is 4.21. The first kappa shape index (κ1) is 14.1. The fraction of sp³-hybridized carbons (Fsp3) is 0.529. The number of aromatic nitrogens is 1. The third kappa shape index (κ3) is 2.93. The molecule has 4 nitrogen and oxygen atoms in total. The maximum Gasteiger partial charge on any atom is 0.272 e. The molecule has 110 valence electrons. The first-order valence-electron chi connectivity index (χ1n) is 7.75. The maximum atomic E-state index is 12.7. The van der Waals surface area contributed by atoms with E-state index < -0.39 is 0 Å². The van der Waals surface area contributed by atoms with Crippen LogP contribution < -0.4 is 5.73 Å². The minimum absolute atomic E-state index is 0.0740. The van der Waals surface area contributed by atoms with Crippen LogP contribution in [0.1, 0.15) is 48.2 Å². The van der Waals surface area contributed by atoms with Crippen molar-refractivity contribution in [3.8, 4) is 11.8 Å². The summed E-state index contributed by atoms with van der Waals surface area (Å²) in [4.78, 5) is 19.0. The van der Waals surface area contributed by atoms with Crippen LogP contribution in [0, 0.1) is 17.8 Å². The zero-order valence-electron chi connectivity index (χ0n) is 12.2. The first-order valence-corrected chi connectivity index (χ1v) is 7.75. The normalized spacial score (nSPS) is 24.1. The number of fused-ring (bicyclic) bond motifs is 1. The summed E-state index contributed by atoms with van der Waals surface area (Å²) in [5.74, 6) is 6.49. The molecule has 1 saturated heterocycles. The van der Waals surface area contributed by atoms with E-state index in [0.717, 1.165) is 24.9 Å². The molecule has 1 aromatic heterocycles. The largest absolute Gasteiger partial charge is 0.334 e. The fourth-order valence-electron chi connectivity index (χ4n) is 3.60. The molecule has 2 aliphatic rings. The molecule has 0 spiro atoms. The van der Waals surface area contributed by atoms with E-state index in [4.69, 9.17) is 5.73 Å². The van der Waals surface area contributed by atoms with Crippen molar-refractivity contribution < 1.29 is 4.79 Å². The summed E-state index contributed by atoms with van der Waals surface area (Å²) in [5.41, 5.74) is 6.68. The third-order valence-electron chi connectivity index (χ3n) is 4.57. The predicted octanol–water partition coefficient (Wildman–Crippen LogP) is 1.80. The van der Waals surface area contributed by atoms with Crippen LogP contribution in [0.5, 0.6) is 0 Å². The predicted molar refractivity (Wildman–Crippen MR) is 81.6 cm³/mol. The summed E-state index contributed by atoms with van der Waals surface area (Å²) in [6.45, 7) is 1.20. The number of pyridine rings is 1. The van der Waals surface area contributed by atoms with Crippen molar-refractivity contribution in [1.82, 2.24) is 9.88 Å². The fourth-order valence-corrected chi connectivity index (χ4v) is 3.60. The van der Waals surface area contributed by atoms with Crippen molar-refractivity contribution in [2.75, 3.05) is 13.1 Å². The number of carbonyl (C=O) groups excluding carboxylic acids is 1. The highest BCUT2D eigenvalue weighted by Crippen LogP contribution is 2.37. The van der Waals surface area contributed by atoms with Gasteiger partial charge in [-0.3, -0.25) is 4.79 Å². The van der Waals surface area contributed by atoms with Crippen LogP contribution in [0.3, 0.4) is 0 Å². The molecule has 3 rings (SSSR count). The Balaban J connectivity index is 1.75. The molecule has 0 bridgehead atoms. The van der Waals surface area contributed by atoms with Gasteiger partial charge in [0.1, 0.15) is 5.69 Å². The average molecular weight is 283 g/mol. The van der Waals surface area contributed by atoms with Gasteiger partial charge in [0.25, 0.3) is 5.91 Å². The number of amides is 1. The van der Waals surface area contributed by atoms with Gasteiger partial charge in [-0.15, -0.1) is 0 Å². The molecule has 21 heavy (non-hydrogen) atoms. The van der Waals surface area contributed by atoms with Crippen LogP contribution in [0.2, 0.25) is 0 Å². The Labute approximate surface area is 125 Å². The smallest absolute Gasteiger partial charge is 0.272 e. The molecular formula is C17H21N3O. The lowest BCUT2D eigenvalue weighted by molar-refractivity contribution is 0.0542. The molecular weight excluding hydrogens is 262 g/mol. The van der Waals surface area contributed by atoms with Crippen LogP contribution >= 0.6 is 0 Å². The zero-order valence-corrected chi connectivity index (χ0v) is 12.2. The van der Waals surface area contributed by atoms with E-state index in [0.29, 0.717) is 24.2 Å². The molecule has 0 radical (unpaired) electrons. The van der Waals surface area contributed by atoms with Gasteiger partial charge in [-0.05, 0) is 43.7 Å². The van der Waals surface area contributed by atoms with Gasteiger partial charge in [0.15, 0.2) is 0 Å². The van der Waals surface area contributed by atoms with Gasteiger partial charge < -0.3 is 10.6 Å². The third-order valence-corrected chi connectivity index (χ3v) is 4.57. The molecule has 1 saturated carbocycles. The minimum atomic E-state index is 0.0740. The Morgan fingerprint density at radius 1 is 1.33 bits per heavy atom. The number of hydrogen-bond acceptors (Lipinski definition) is 3. The van der Waals surface area contributed by atoms with Crippen molar-refractivity contribution in [3.05, 3.63) is 29.6 Å². The molecule has 1 amide bonds. The monoisotopic (exact) mass is 283 g/mol. The van der Waals surface area contributed by atoms with Gasteiger partial charge in [-0.1, -0.05) is 18.3 Å². The Morgan fingerprint density at radius 2 is 2.19 bits per heavy atom. The number of nitrogens with two attached hydrogens (primary N) is 1. The quantitative estimate of drug-likeness (QED) is 0.799. The van der Waals surface area contributed by atoms with Crippen molar-refractivity contribution in [2.24, 2.45) is 11.7 Å². The summed E-state index contributed by atoms with van der Waals surface area (Å²) in [5, 5.41) is 0. The lowest BCUT2D eigenvalue weighted by Crippen LogP contribution is -2.46. The van der Waals surface area contributed by atoms with E-state index in [2.05, 4.69) is 21.7 Å². The highest BCUT2D eigenvalue weighted by atomic mass is 16.2. The van der Waals surface area contributed by atoms with Crippen LogP contribution in [0.4, 0.5) is 0 Å². The molecule has 1 aliphatic heterocycles. The van der Waals surface area contributed by atoms with Gasteiger partial charge in [-0.25, -0.2) is 4.98 Å². The summed E-state index contributed by atoms with van der Waals surface area (Å²) < 4.78 is 0. The molecule has 2 N–H and O–H groups in total. The molecule has 1 aromatic rings. The number of nitrogens with zero attached hydrogens (tertiary/aromatic N) is 2. The van der Waals surface area contributed by atoms with Gasteiger partial charge in [0.05, 0.1) is 6.54 Å². The lowest BCUT2D eigenvalue weighted by Gasteiger charge is -2.37. The zero-order chi connectivity index (χ0) is 14.7. The van der Waals surface area contributed by atoms with Crippen molar-refractivity contribution >= 4 is 5.91 Å². The van der Waals surface area contributed by atoms with Gasteiger partial charge >= 0.3 is 0 Å². The molecule has 2 heterocycles. The number of likely N-dealkylation sites (tertiary alicyclic amines) is 1. The van der Waals surface area contributed by atoms with E-state index in [9.17, 15) is 4.79 Å². The van der Waals surface area contributed by atoms with Gasteiger partial charge in [-0.2, -0.15) is 0 Å². The molecule has 2 fully saturated rings. The maximum absolute atomic E-state index is 12.7. The van der Waals surface area contributed by atoms with Gasteiger partial charge in [0.2, 0.25) is 0 Å². The summed E-state index contributed by atoms with van der Waals surface area (Å²) in [6, 6.07) is 4.06.